The second-order valence-electron chi connectivity index (χ2n) is 5.26. The van der Waals surface area contributed by atoms with E-state index >= 15 is 0 Å². The Morgan fingerprint density at radius 3 is 2.64 bits per heavy atom. The fourth-order valence-corrected chi connectivity index (χ4v) is 5.93. The summed E-state index contributed by atoms with van der Waals surface area (Å²) in [5.41, 5.74) is -0.286. The van der Waals surface area contributed by atoms with Crippen molar-refractivity contribution in [1.29, 1.82) is 0 Å². The molecule has 0 amide bonds. The van der Waals surface area contributed by atoms with Crippen LogP contribution >= 0.6 is 0 Å². The maximum atomic E-state index is 12.4. The highest BCUT2D eigenvalue weighted by atomic mass is 32.2. The van der Waals surface area contributed by atoms with E-state index in [9.17, 15) is 26.9 Å². The fraction of sp³-hybridized carbons (Fsp3) is 0.500. The van der Waals surface area contributed by atoms with Gasteiger partial charge in [0.05, 0.1) is 16.4 Å². The van der Waals surface area contributed by atoms with Gasteiger partial charge in [0.1, 0.15) is 0 Å². The lowest BCUT2D eigenvalue weighted by Crippen LogP contribution is -2.43. The van der Waals surface area contributed by atoms with E-state index in [1.54, 1.807) is 0 Å². The molecule has 8 nitrogen and oxygen atoms in total. The van der Waals surface area contributed by atoms with Crippen molar-refractivity contribution in [2.24, 2.45) is 0 Å². The van der Waals surface area contributed by atoms with Crippen LogP contribution in [0.1, 0.15) is 18.4 Å². The molecule has 2 rings (SSSR count). The summed E-state index contributed by atoms with van der Waals surface area (Å²) in [6.45, 7) is 1.46. The van der Waals surface area contributed by atoms with E-state index in [2.05, 4.69) is 4.72 Å². The number of hydrogen-bond donors (Lipinski definition) is 1. The first-order valence-corrected chi connectivity index (χ1v) is 9.89. The van der Waals surface area contributed by atoms with Gasteiger partial charge < -0.3 is 0 Å². The Labute approximate surface area is 128 Å². The van der Waals surface area contributed by atoms with Gasteiger partial charge in [-0.2, -0.15) is 0 Å². The van der Waals surface area contributed by atoms with Crippen molar-refractivity contribution >= 4 is 25.5 Å². The van der Waals surface area contributed by atoms with Crippen LogP contribution in [-0.4, -0.2) is 39.3 Å². The molecule has 1 N–H and O–H groups in total. The number of hydrogen-bond acceptors (Lipinski definition) is 6. The Bertz CT molecular complexity index is 801. The van der Waals surface area contributed by atoms with Crippen molar-refractivity contribution in [2.75, 3.05) is 11.5 Å². The molecule has 1 aromatic carbocycles. The highest BCUT2D eigenvalue weighted by molar-refractivity contribution is 7.91. The Morgan fingerprint density at radius 1 is 1.36 bits per heavy atom. The Kier molecular flexibility index (Phi) is 4.54. The van der Waals surface area contributed by atoms with E-state index in [1.807, 2.05) is 0 Å². The predicted molar refractivity (Wildman–Crippen MR) is 79.8 cm³/mol. The molecule has 1 aliphatic rings. The summed E-state index contributed by atoms with van der Waals surface area (Å²) in [4.78, 5) is 9.85. The van der Waals surface area contributed by atoms with Crippen LogP contribution in [0.5, 0.6) is 0 Å². The van der Waals surface area contributed by atoms with E-state index in [1.165, 1.54) is 19.1 Å². The maximum absolute atomic E-state index is 12.4. The molecule has 1 fully saturated rings. The molecule has 1 saturated heterocycles. The molecule has 22 heavy (non-hydrogen) atoms. The lowest BCUT2D eigenvalue weighted by atomic mass is 10.2. The van der Waals surface area contributed by atoms with Crippen LogP contribution in [0.15, 0.2) is 23.1 Å². The van der Waals surface area contributed by atoms with Crippen molar-refractivity contribution in [2.45, 2.75) is 30.7 Å². The third-order valence-electron chi connectivity index (χ3n) is 3.44. The lowest BCUT2D eigenvalue weighted by molar-refractivity contribution is -0.387. The van der Waals surface area contributed by atoms with Gasteiger partial charge in [0.15, 0.2) is 14.7 Å². The van der Waals surface area contributed by atoms with Gasteiger partial charge in [-0.25, -0.2) is 21.6 Å². The van der Waals surface area contributed by atoms with Crippen LogP contribution < -0.4 is 4.72 Å². The molecule has 1 aliphatic heterocycles. The van der Waals surface area contributed by atoms with Crippen LogP contribution in [0, 0.1) is 17.0 Å². The predicted octanol–water partition coefficient (Wildman–Crippen LogP) is 0.759. The molecule has 122 valence electrons. The number of rotatable bonds is 4. The number of nitro benzene ring substituents is 1. The standard InChI is InChI=1S/C12H16N2O6S2/c1-9-4-2-6-11(14(15)16)12(9)22(19,20)13-10-5-3-7-21(17,18)8-10/h2,4,6,10,13H,3,5,7-8H2,1H3/t10-/m0/s1. The summed E-state index contributed by atoms with van der Waals surface area (Å²) < 4.78 is 50.4. The van der Waals surface area contributed by atoms with E-state index in [0.717, 1.165) is 6.07 Å². The number of nitro groups is 1. The Balaban J connectivity index is 2.38. The zero-order valence-corrected chi connectivity index (χ0v) is 13.5. The largest absolute Gasteiger partial charge is 0.289 e. The van der Waals surface area contributed by atoms with Gasteiger partial charge in [-0.05, 0) is 25.3 Å². The monoisotopic (exact) mass is 348 g/mol. The molecule has 1 atom stereocenters. The maximum Gasteiger partial charge on any atom is 0.289 e. The number of benzene rings is 1. The van der Waals surface area contributed by atoms with E-state index in [0.29, 0.717) is 12.8 Å². The smallest absolute Gasteiger partial charge is 0.258 e. The third kappa shape index (κ3) is 3.62. The molecule has 0 radical (unpaired) electrons. The topological polar surface area (TPSA) is 123 Å². The van der Waals surface area contributed by atoms with Crippen molar-refractivity contribution in [3.05, 3.63) is 33.9 Å². The van der Waals surface area contributed by atoms with E-state index in [-0.39, 0.29) is 17.1 Å². The average molecular weight is 348 g/mol. The van der Waals surface area contributed by atoms with Crippen LogP contribution in [0.3, 0.4) is 0 Å². The summed E-state index contributed by atoms with van der Waals surface area (Å²) in [6, 6.07) is 3.21. The zero-order valence-electron chi connectivity index (χ0n) is 11.9. The molecule has 0 unspecified atom stereocenters. The van der Waals surface area contributed by atoms with Crippen LogP contribution in [-0.2, 0) is 19.9 Å². The van der Waals surface area contributed by atoms with Crippen LogP contribution in [0.2, 0.25) is 0 Å². The van der Waals surface area contributed by atoms with Gasteiger partial charge in [0.25, 0.3) is 5.69 Å². The summed E-state index contributed by atoms with van der Waals surface area (Å²) in [6.07, 6.45) is 0.753. The number of aryl methyl sites for hydroxylation is 1. The normalized spacial score (nSPS) is 21.4. The highest BCUT2D eigenvalue weighted by Crippen LogP contribution is 2.27. The molecule has 0 saturated carbocycles. The summed E-state index contributed by atoms with van der Waals surface area (Å²) >= 11 is 0. The Hall–Kier alpha value is -1.52. The molecule has 0 bridgehead atoms. The van der Waals surface area contributed by atoms with Gasteiger partial charge in [0.2, 0.25) is 10.0 Å². The molecule has 1 aromatic rings. The number of sulfone groups is 1. The van der Waals surface area contributed by atoms with Crippen molar-refractivity contribution < 1.29 is 21.8 Å². The van der Waals surface area contributed by atoms with Gasteiger partial charge in [-0.15, -0.1) is 0 Å². The second-order valence-corrected chi connectivity index (χ2v) is 9.13. The van der Waals surface area contributed by atoms with E-state index in [4.69, 9.17) is 0 Å². The minimum Gasteiger partial charge on any atom is -0.258 e. The SMILES string of the molecule is Cc1cccc([N+](=O)[O-])c1S(=O)(=O)N[C@H]1CCCS(=O)(=O)C1. The third-order valence-corrected chi connectivity index (χ3v) is 6.97. The molecule has 1 heterocycles. The fourth-order valence-electron chi connectivity index (χ4n) is 2.52. The molecular weight excluding hydrogens is 332 g/mol. The van der Waals surface area contributed by atoms with Gasteiger partial charge >= 0.3 is 0 Å². The van der Waals surface area contributed by atoms with Crippen molar-refractivity contribution in [1.82, 2.24) is 4.72 Å². The number of sulfonamides is 1. The summed E-state index contributed by atoms with van der Waals surface area (Å²) in [5, 5.41) is 11.0. The zero-order chi connectivity index (χ0) is 16.5. The van der Waals surface area contributed by atoms with E-state index < -0.39 is 41.4 Å². The number of nitrogens with one attached hydrogen (secondary N) is 1. The summed E-state index contributed by atoms with van der Waals surface area (Å²) in [7, 11) is -7.46. The van der Waals surface area contributed by atoms with Crippen LogP contribution in [0.25, 0.3) is 0 Å². The number of nitrogens with zero attached hydrogens (tertiary/aromatic N) is 1. The molecule has 0 aromatic heterocycles. The first-order valence-electron chi connectivity index (χ1n) is 6.59. The first-order chi connectivity index (χ1) is 10.1. The minimum atomic E-state index is -4.17. The molecule has 0 aliphatic carbocycles. The first kappa shape index (κ1) is 16.8. The second kappa shape index (κ2) is 5.94. The Morgan fingerprint density at radius 2 is 2.05 bits per heavy atom. The minimum absolute atomic E-state index is 0.0374. The van der Waals surface area contributed by atoms with Crippen molar-refractivity contribution in [3.63, 3.8) is 0 Å². The van der Waals surface area contributed by atoms with Gasteiger partial charge in [0, 0.05) is 12.1 Å². The van der Waals surface area contributed by atoms with Gasteiger partial charge in [-0.1, -0.05) is 12.1 Å². The average Bonchev–Trinajstić information content (AvgIpc) is 2.36. The molecule has 10 heteroatoms. The highest BCUT2D eigenvalue weighted by Gasteiger charge is 2.33. The molecular formula is C12H16N2O6S2. The van der Waals surface area contributed by atoms with Gasteiger partial charge in [-0.3, -0.25) is 10.1 Å². The quantitative estimate of drug-likeness (QED) is 0.633. The molecule has 0 spiro atoms. The lowest BCUT2D eigenvalue weighted by Gasteiger charge is -2.23. The van der Waals surface area contributed by atoms with Crippen molar-refractivity contribution in [3.8, 4) is 0 Å². The van der Waals surface area contributed by atoms with Crippen LogP contribution in [0.4, 0.5) is 5.69 Å². The summed E-state index contributed by atoms with van der Waals surface area (Å²) in [5.74, 6) is -0.248.